The van der Waals surface area contributed by atoms with Crippen LogP contribution in [0.3, 0.4) is 0 Å². The summed E-state index contributed by atoms with van der Waals surface area (Å²) in [6, 6.07) is 4.65. The summed E-state index contributed by atoms with van der Waals surface area (Å²) in [7, 11) is 6.24. The van der Waals surface area contributed by atoms with Crippen molar-refractivity contribution in [2.24, 2.45) is 5.92 Å². The Labute approximate surface area is 128 Å². The summed E-state index contributed by atoms with van der Waals surface area (Å²) in [5.41, 5.74) is 0.965. The molecule has 0 N–H and O–H groups in total. The van der Waals surface area contributed by atoms with Crippen molar-refractivity contribution in [2.75, 3.05) is 32.6 Å². The lowest BCUT2D eigenvalue weighted by molar-refractivity contribution is 0.372. The van der Waals surface area contributed by atoms with Crippen molar-refractivity contribution in [3.63, 3.8) is 0 Å². The number of hydrogen-bond donors (Lipinski definition) is 0. The number of anilines is 1. The maximum absolute atomic E-state index is 4.28. The van der Waals surface area contributed by atoms with Crippen LogP contribution in [0, 0.1) is 24.7 Å². The lowest BCUT2D eigenvalue weighted by Crippen LogP contribution is -2.35. The number of hydrogen-bond acceptors (Lipinski definition) is 4. The molecule has 0 unspecified atom stereocenters. The molecule has 1 heterocycles. The zero-order valence-corrected chi connectivity index (χ0v) is 13.6. The first-order chi connectivity index (χ1) is 10.1. The molecular formula is C17H26N4. The Morgan fingerprint density at radius 2 is 1.81 bits per heavy atom. The summed E-state index contributed by atoms with van der Waals surface area (Å²) in [5.74, 6) is 8.24. The summed E-state index contributed by atoms with van der Waals surface area (Å²) < 4.78 is 0. The summed E-state index contributed by atoms with van der Waals surface area (Å²) in [4.78, 5) is 4.39. The van der Waals surface area contributed by atoms with E-state index in [1.807, 2.05) is 13.0 Å². The van der Waals surface area contributed by atoms with Crippen molar-refractivity contribution >= 4 is 5.82 Å². The van der Waals surface area contributed by atoms with Gasteiger partial charge in [-0.1, -0.05) is 11.8 Å². The van der Waals surface area contributed by atoms with E-state index in [4.69, 9.17) is 0 Å². The van der Waals surface area contributed by atoms with Crippen molar-refractivity contribution in [3.8, 4) is 11.8 Å². The molecule has 0 radical (unpaired) electrons. The van der Waals surface area contributed by atoms with E-state index in [1.54, 1.807) is 0 Å². The summed E-state index contributed by atoms with van der Waals surface area (Å²) in [6.07, 6.45) is 4.75. The number of nitrogens with zero attached hydrogens (tertiary/aromatic N) is 4. The van der Waals surface area contributed by atoms with Crippen molar-refractivity contribution in [1.82, 2.24) is 15.1 Å². The Bertz CT molecular complexity index is 490. The summed E-state index contributed by atoms with van der Waals surface area (Å²) >= 11 is 0. The van der Waals surface area contributed by atoms with Gasteiger partial charge in [0, 0.05) is 19.0 Å². The SMILES string of the molecule is Cc1ccc(N(C)[C@H]2CC[C@H](C#CCN(C)C)CC2)nn1. The summed E-state index contributed by atoms with van der Waals surface area (Å²) in [5, 5.41) is 8.43. The third-order valence-corrected chi connectivity index (χ3v) is 4.09. The Morgan fingerprint density at radius 1 is 1.10 bits per heavy atom. The van der Waals surface area contributed by atoms with Gasteiger partial charge in [-0.2, -0.15) is 5.10 Å². The first kappa shape index (κ1) is 15.8. The largest absolute Gasteiger partial charge is 0.355 e. The van der Waals surface area contributed by atoms with Crippen LogP contribution in [0.25, 0.3) is 0 Å². The highest BCUT2D eigenvalue weighted by Gasteiger charge is 2.23. The highest BCUT2D eigenvalue weighted by molar-refractivity contribution is 5.37. The first-order valence-electron chi connectivity index (χ1n) is 7.72. The van der Waals surface area contributed by atoms with Crippen LogP contribution in [0.4, 0.5) is 5.82 Å². The molecule has 2 rings (SSSR count). The fourth-order valence-corrected chi connectivity index (χ4v) is 2.72. The smallest absolute Gasteiger partial charge is 0.151 e. The van der Waals surface area contributed by atoms with Gasteiger partial charge in [-0.05, 0) is 58.8 Å². The molecule has 0 spiro atoms. The van der Waals surface area contributed by atoms with Gasteiger partial charge in [0.1, 0.15) is 0 Å². The maximum atomic E-state index is 4.28. The fraction of sp³-hybridized carbons (Fsp3) is 0.647. The Kier molecular flexibility index (Phi) is 5.58. The molecule has 0 amide bonds. The second kappa shape index (κ2) is 7.42. The van der Waals surface area contributed by atoms with Gasteiger partial charge < -0.3 is 4.90 Å². The zero-order valence-electron chi connectivity index (χ0n) is 13.6. The van der Waals surface area contributed by atoms with Gasteiger partial charge in [-0.25, -0.2) is 0 Å². The predicted octanol–water partition coefficient (Wildman–Crippen LogP) is 2.35. The van der Waals surface area contributed by atoms with Crippen LogP contribution in [-0.2, 0) is 0 Å². The molecule has 21 heavy (non-hydrogen) atoms. The van der Waals surface area contributed by atoms with Gasteiger partial charge in [-0.3, -0.25) is 4.90 Å². The predicted molar refractivity (Wildman–Crippen MR) is 87.2 cm³/mol. The lowest BCUT2D eigenvalue weighted by atomic mass is 9.86. The van der Waals surface area contributed by atoms with Crippen LogP contribution in [0.5, 0.6) is 0 Å². The molecule has 1 aliphatic carbocycles. The topological polar surface area (TPSA) is 32.3 Å². The van der Waals surface area contributed by atoms with E-state index in [1.165, 1.54) is 25.7 Å². The second-order valence-electron chi connectivity index (χ2n) is 6.21. The molecule has 0 aromatic carbocycles. The summed E-state index contributed by atoms with van der Waals surface area (Å²) in [6.45, 7) is 2.83. The highest BCUT2D eigenvalue weighted by atomic mass is 15.3. The Hall–Kier alpha value is -1.60. The van der Waals surface area contributed by atoms with Crippen molar-refractivity contribution in [1.29, 1.82) is 0 Å². The average Bonchev–Trinajstić information content (AvgIpc) is 2.48. The molecule has 0 aliphatic heterocycles. The number of aryl methyl sites for hydroxylation is 1. The molecule has 1 aromatic heterocycles. The Morgan fingerprint density at radius 3 is 2.38 bits per heavy atom. The third-order valence-electron chi connectivity index (χ3n) is 4.09. The minimum atomic E-state index is 0.564. The lowest BCUT2D eigenvalue weighted by Gasteiger charge is -2.33. The molecule has 4 heteroatoms. The molecule has 1 aliphatic rings. The average molecular weight is 286 g/mol. The van der Waals surface area contributed by atoms with Crippen LogP contribution < -0.4 is 4.90 Å². The van der Waals surface area contributed by atoms with Crippen LogP contribution in [0.15, 0.2) is 12.1 Å². The molecule has 1 aromatic rings. The van der Waals surface area contributed by atoms with Gasteiger partial charge in [0.25, 0.3) is 0 Å². The molecule has 0 atom stereocenters. The monoisotopic (exact) mass is 286 g/mol. The molecule has 4 nitrogen and oxygen atoms in total. The molecular weight excluding hydrogens is 260 g/mol. The van der Waals surface area contributed by atoms with Crippen molar-refractivity contribution in [2.45, 2.75) is 38.6 Å². The molecule has 114 valence electrons. The van der Waals surface area contributed by atoms with Crippen LogP contribution in [0.1, 0.15) is 31.4 Å². The van der Waals surface area contributed by atoms with Crippen LogP contribution in [-0.4, -0.2) is 48.8 Å². The van der Waals surface area contributed by atoms with Crippen LogP contribution >= 0.6 is 0 Å². The van der Waals surface area contributed by atoms with E-state index < -0.39 is 0 Å². The Balaban J connectivity index is 1.85. The first-order valence-corrected chi connectivity index (χ1v) is 7.72. The van der Waals surface area contributed by atoms with E-state index in [-0.39, 0.29) is 0 Å². The van der Waals surface area contributed by atoms with Gasteiger partial charge in [0.15, 0.2) is 5.82 Å². The van der Waals surface area contributed by atoms with E-state index in [0.717, 1.165) is 18.1 Å². The number of rotatable bonds is 3. The van der Waals surface area contributed by atoms with Crippen molar-refractivity contribution < 1.29 is 0 Å². The van der Waals surface area contributed by atoms with E-state index in [9.17, 15) is 0 Å². The molecule has 0 bridgehead atoms. The fourth-order valence-electron chi connectivity index (χ4n) is 2.72. The third kappa shape index (κ3) is 4.71. The van der Waals surface area contributed by atoms with E-state index >= 15 is 0 Å². The number of aromatic nitrogens is 2. The highest BCUT2D eigenvalue weighted by Crippen LogP contribution is 2.28. The minimum Gasteiger partial charge on any atom is -0.355 e. The quantitative estimate of drug-likeness (QED) is 0.798. The van der Waals surface area contributed by atoms with Gasteiger partial charge in [0.05, 0.1) is 12.2 Å². The molecule has 0 saturated heterocycles. The normalized spacial score (nSPS) is 21.8. The second-order valence-corrected chi connectivity index (χ2v) is 6.21. The van der Waals surface area contributed by atoms with Crippen molar-refractivity contribution in [3.05, 3.63) is 17.8 Å². The van der Waals surface area contributed by atoms with Gasteiger partial charge in [0.2, 0.25) is 0 Å². The minimum absolute atomic E-state index is 0.564. The standard InChI is InChI=1S/C17H26N4/c1-14-7-12-17(19-18-14)21(4)16-10-8-15(9-11-16)6-5-13-20(2)3/h7,12,15-16H,8-11,13H2,1-4H3/t15-,16-. The zero-order chi connectivity index (χ0) is 15.2. The van der Waals surface area contributed by atoms with E-state index in [2.05, 4.69) is 59.0 Å². The van der Waals surface area contributed by atoms with Gasteiger partial charge >= 0.3 is 0 Å². The molecule has 1 fully saturated rings. The van der Waals surface area contributed by atoms with Gasteiger partial charge in [-0.15, -0.1) is 5.10 Å². The maximum Gasteiger partial charge on any atom is 0.151 e. The molecule has 1 saturated carbocycles. The van der Waals surface area contributed by atoms with Crippen LogP contribution in [0.2, 0.25) is 0 Å². The van der Waals surface area contributed by atoms with E-state index in [0.29, 0.717) is 12.0 Å².